The van der Waals surface area contributed by atoms with Gasteiger partial charge in [0.05, 0.1) is 24.6 Å². The van der Waals surface area contributed by atoms with E-state index in [4.69, 9.17) is 10.5 Å². The average molecular weight is 263 g/mol. The number of nitrogens with two attached hydrogens (primary N) is 1. The van der Waals surface area contributed by atoms with Crippen LogP contribution in [0, 0.1) is 6.92 Å². The van der Waals surface area contributed by atoms with Gasteiger partial charge in [-0.15, -0.1) is 0 Å². The van der Waals surface area contributed by atoms with Crippen LogP contribution in [0.2, 0.25) is 0 Å². The molecule has 0 aromatic heterocycles. The van der Waals surface area contributed by atoms with E-state index in [2.05, 4.69) is 5.32 Å². The number of benzene rings is 1. The van der Waals surface area contributed by atoms with Gasteiger partial charge in [-0.1, -0.05) is 6.07 Å². The number of hydrogen-bond donors (Lipinski definition) is 2. The maximum atomic E-state index is 12.1. The second-order valence-electron chi connectivity index (χ2n) is 4.74. The van der Waals surface area contributed by atoms with Crippen molar-refractivity contribution in [2.45, 2.75) is 19.9 Å². The van der Waals surface area contributed by atoms with Gasteiger partial charge in [0, 0.05) is 13.1 Å². The normalized spacial score (nSPS) is 19.3. The number of amides is 1. The molecule has 5 heteroatoms. The molecule has 5 nitrogen and oxygen atoms in total. The molecule has 0 aliphatic carbocycles. The van der Waals surface area contributed by atoms with Gasteiger partial charge in [-0.25, -0.2) is 0 Å². The summed E-state index contributed by atoms with van der Waals surface area (Å²) in [6.07, 6.45) is 0. The number of nitrogens with zero attached hydrogens (tertiary/aromatic N) is 1. The number of ether oxygens (including phenoxy) is 1. The summed E-state index contributed by atoms with van der Waals surface area (Å²) in [6, 6.07) is 5.57. The molecule has 0 radical (unpaired) electrons. The van der Waals surface area contributed by atoms with E-state index < -0.39 is 0 Å². The Balaban J connectivity index is 2.28. The molecule has 1 unspecified atom stereocenters. The lowest BCUT2D eigenvalue weighted by atomic mass is 10.1. The lowest BCUT2D eigenvalue weighted by molar-refractivity contribution is -0.124. The van der Waals surface area contributed by atoms with Crippen LogP contribution in [0.3, 0.4) is 0 Å². The minimum Gasteiger partial charge on any atom is -0.397 e. The number of carbonyl (C=O) groups is 1. The summed E-state index contributed by atoms with van der Waals surface area (Å²) in [5.74, 6) is -0.0110. The van der Waals surface area contributed by atoms with Gasteiger partial charge in [-0.05, 0) is 31.5 Å². The van der Waals surface area contributed by atoms with Gasteiger partial charge in [0.25, 0.3) is 0 Å². The van der Waals surface area contributed by atoms with Crippen LogP contribution in [-0.2, 0) is 9.53 Å². The molecule has 2 rings (SSSR count). The highest BCUT2D eigenvalue weighted by Crippen LogP contribution is 2.27. The Morgan fingerprint density at radius 3 is 3.11 bits per heavy atom. The van der Waals surface area contributed by atoms with Crippen LogP contribution >= 0.6 is 0 Å². The van der Waals surface area contributed by atoms with Crippen molar-refractivity contribution in [2.75, 3.05) is 36.9 Å². The van der Waals surface area contributed by atoms with Crippen molar-refractivity contribution >= 4 is 17.3 Å². The Hall–Kier alpha value is -1.75. The highest BCUT2D eigenvalue weighted by atomic mass is 16.5. The summed E-state index contributed by atoms with van der Waals surface area (Å²) in [7, 11) is 0. The molecule has 104 valence electrons. The van der Waals surface area contributed by atoms with Crippen molar-refractivity contribution in [1.29, 1.82) is 0 Å². The van der Waals surface area contributed by atoms with Crippen molar-refractivity contribution in [3.63, 3.8) is 0 Å². The van der Waals surface area contributed by atoms with Gasteiger partial charge in [0.1, 0.15) is 6.04 Å². The zero-order valence-electron chi connectivity index (χ0n) is 11.5. The Bertz CT molecular complexity index is 462. The number of nitrogen functional groups attached to an aromatic ring is 1. The monoisotopic (exact) mass is 263 g/mol. The van der Waals surface area contributed by atoms with Crippen LogP contribution in [0.4, 0.5) is 11.4 Å². The Morgan fingerprint density at radius 2 is 2.37 bits per heavy atom. The molecule has 3 N–H and O–H groups in total. The minimum absolute atomic E-state index is 0.0110. The quantitative estimate of drug-likeness (QED) is 0.796. The number of hydrogen-bond acceptors (Lipinski definition) is 4. The average Bonchev–Trinajstić information content (AvgIpc) is 2.42. The van der Waals surface area contributed by atoms with Crippen molar-refractivity contribution in [2.24, 2.45) is 0 Å². The maximum absolute atomic E-state index is 12.1. The number of likely N-dealkylation sites (N-methyl/N-ethyl adjacent to an activating group) is 1. The third-order valence-electron chi connectivity index (χ3n) is 3.28. The van der Waals surface area contributed by atoms with Gasteiger partial charge in [-0.3, -0.25) is 4.79 Å². The predicted molar refractivity (Wildman–Crippen MR) is 76.2 cm³/mol. The Morgan fingerprint density at radius 1 is 1.58 bits per heavy atom. The molecule has 1 fully saturated rings. The van der Waals surface area contributed by atoms with Crippen LogP contribution in [-0.4, -0.2) is 38.3 Å². The first-order valence-corrected chi connectivity index (χ1v) is 6.61. The number of carbonyl (C=O) groups excluding carboxylic acids is 1. The molecule has 1 atom stereocenters. The van der Waals surface area contributed by atoms with E-state index in [-0.39, 0.29) is 11.9 Å². The fourth-order valence-corrected chi connectivity index (χ4v) is 2.30. The zero-order valence-corrected chi connectivity index (χ0v) is 11.5. The largest absolute Gasteiger partial charge is 0.397 e. The van der Waals surface area contributed by atoms with Crippen molar-refractivity contribution < 1.29 is 9.53 Å². The van der Waals surface area contributed by atoms with Crippen LogP contribution < -0.4 is 16.0 Å². The summed E-state index contributed by atoms with van der Waals surface area (Å²) < 4.78 is 5.43. The molecule has 1 amide bonds. The molecule has 0 bridgehead atoms. The molecule has 1 aliphatic rings. The smallest absolute Gasteiger partial charge is 0.245 e. The van der Waals surface area contributed by atoms with Crippen molar-refractivity contribution in [3.8, 4) is 0 Å². The summed E-state index contributed by atoms with van der Waals surface area (Å²) >= 11 is 0. The van der Waals surface area contributed by atoms with E-state index >= 15 is 0 Å². The fourth-order valence-electron chi connectivity index (χ4n) is 2.30. The zero-order chi connectivity index (χ0) is 13.8. The number of anilines is 2. The summed E-state index contributed by atoms with van der Waals surface area (Å²) in [4.78, 5) is 14.1. The molecule has 1 aromatic carbocycles. The molecule has 0 saturated carbocycles. The summed E-state index contributed by atoms with van der Waals surface area (Å²) in [5, 5.41) is 2.85. The van der Waals surface area contributed by atoms with Crippen molar-refractivity contribution in [1.82, 2.24) is 5.32 Å². The molecule has 19 heavy (non-hydrogen) atoms. The van der Waals surface area contributed by atoms with E-state index in [1.807, 2.05) is 36.9 Å². The van der Waals surface area contributed by atoms with Crippen LogP contribution in [0.15, 0.2) is 18.2 Å². The SMILES string of the molecule is CCNC(=O)C1COCCN1c1cc(C)ccc1N. The molecule has 1 aliphatic heterocycles. The topological polar surface area (TPSA) is 67.6 Å². The van der Waals surface area contributed by atoms with Crippen LogP contribution in [0.25, 0.3) is 0 Å². The van der Waals surface area contributed by atoms with Gasteiger partial charge < -0.3 is 20.7 Å². The van der Waals surface area contributed by atoms with Crippen molar-refractivity contribution in [3.05, 3.63) is 23.8 Å². The number of nitrogens with one attached hydrogen (secondary N) is 1. The van der Waals surface area contributed by atoms with Crippen LogP contribution in [0.1, 0.15) is 12.5 Å². The third-order valence-corrected chi connectivity index (χ3v) is 3.28. The first-order chi connectivity index (χ1) is 9.13. The van der Waals surface area contributed by atoms with E-state index in [0.29, 0.717) is 32.0 Å². The Labute approximate surface area is 113 Å². The van der Waals surface area contributed by atoms with E-state index in [1.165, 1.54) is 0 Å². The second-order valence-corrected chi connectivity index (χ2v) is 4.74. The molecule has 0 spiro atoms. The van der Waals surface area contributed by atoms with Crippen LogP contribution in [0.5, 0.6) is 0 Å². The molecular weight excluding hydrogens is 242 g/mol. The predicted octanol–water partition coefficient (Wildman–Crippen LogP) is 0.919. The Kier molecular flexibility index (Phi) is 4.27. The lowest BCUT2D eigenvalue weighted by Gasteiger charge is -2.37. The number of aryl methyl sites for hydroxylation is 1. The molecular formula is C14H21N3O2. The minimum atomic E-state index is -0.308. The van der Waals surface area contributed by atoms with E-state index in [1.54, 1.807) is 0 Å². The highest BCUT2D eigenvalue weighted by molar-refractivity contribution is 5.87. The van der Waals surface area contributed by atoms with E-state index in [9.17, 15) is 4.79 Å². The number of rotatable bonds is 3. The van der Waals surface area contributed by atoms with Gasteiger partial charge in [0.15, 0.2) is 0 Å². The van der Waals surface area contributed by atoms with Gasteiger partial charge >= 0.3 is 0 Å². The summed E-state index contributed by atoms with van der Waals surface area (Å²) in [6.45, 7) is 6.24. The number of morpholine rings is 1. The third kappa shape index (κ3) is 2.98. The van der Waals surface area contributed by atoms with Gasteiger partial charge in [0.2, 0.25) is 5.91 Å². The van der Waals surface area contributed by atoms with Gasteiger partial charge in [-0.2, -0.15) is 0 Å². The molecule has 1 heterocycles. The molecule has 1 aromatic rings. The first-order valence-electron chi connectivity index (χ1n) is 6.61. The fraction of sp³-hybridized carbons (Fsp3) is 0.500. The van der Waals surface area contributed by atoms with E-state index in [0.717, 1.165) is 11.3 Å². The maximum Gasteiger partial charge on any atom is 0.245 e. The lowest BCUT2D eigenvalue weighted by Crippen LogP contribution is -2.54. The standard InChI is InChI=1S/C14H21N3O2/c1-3-16-14(18)13-9-19-7-6-17(13)12-8-10(2)4-5-11(12)15/h4-5,8,13H,3,6-7,9,15H2,1-2H3,(H,16,18). The highest BCUT2D eigenvalue weighted by Gasteiger charge is 2.30. The second kappa shape index (κ2) is 5.93. The first kappa shape index (κ1) is 13.7. The summed E-state index contributed by atoms with van der Waals surface area (Å²) in [5.41, 5.74) is 8.78. The molecule has 1 saturated heterocycles.